The molecule has 0 unspecified atom stereocenters. The molecule has 0 saturated carbocycles. The Bertz CT molecular complexity index is 1050. The van der Waals surface area contributed by atoms with E-state index in [9.17, 15) is 9.59 Å². The predicted molar refractivity (Wildman–Crippen MR) is 138 cm³/mol. The maximum absolute atomic E-state index is 12.9. The highest BCUT2D eigenvalue weighted by Gasteiger charge is 2.18. The summed E-state index contributed by atoms with van der Waals surface area (Å²) in [6.45, 7) is 7.74. The van der Waals surface area contributed by atoms with Gasteiger partial charge in [0.05, 0.1) is 18.0 Å². The number of carbonyl (C=O) groups is 2. The van der Waals surface area contributed by atoms with E-state index in [0.717, 1.165) is 41.6 Å². The van der Waals surface area contributed by atoms with Gasteiger partial charge in [0.25, 0.3) is 11.8 Å². The molecule has 1 N–H and O–H groups in total. The highest BCUT2D eigenvalue weighted by atomic mass is 32.1. The third-order valence-corrected chi connectivity index (χ3v) is 7.73. The van der Waals surface area contributed by atoms with E-state index in [1.807, 2.05) is 46.1 Å². The van der Waals surface area contributed by atoms with Gasteiger partial charge in [-0.25, -0.2) is 4.98 Å². The minimum atomic E-state index is -0.108. The van der Waals surface area contributed by atoms with Crippen molar-refractivity contribution in [3.05, 3.63) is 62.5 Å². The van der Waals surface area contributed by atoms with Gasteiger partial charge in [-0.1, -0.05) is 19.4 Å². The van der Waals surface area contributed by atoms with Crippen molar-refractivity contribution < 1.29 is 9.59 Å². The Kier molecular flexibility index (Phi) is 8.90. The molecule has 1 saturated heterocycles. The van der Waals surface area contributed by atoms with Crippen LogP contribution in [0.25, 0.3) is 0 Å². The lowest BCUT2D eigenvalue weighted by molar-refractivity contribution is 0.0744. The average molecular weight is 500 g/mol. The number of thiophene rings is 1. The summed E-state index contributed by atoms with van der Waals surface area (Å²) in [6, 6.07) is 7.83. The van der Waals surface area contributed by atoms with E-state index in [2.05, 4.69) is 26.7 Å². The number of aromatic nitrogens is 2. The number of amides is 2. The van der Waals surface area contributed by atoms with Gasteiger partial charge in [0.2, 0.25) is 0 Å². The number of piperidine rings is 1. The van der Waals surface area contributed by atoms with Crippen molar-refractivity contribution in [3.8, 4) is 0 Å². The molecule has 1 aliphatic rings. The molecule has 3 aromatic rings. The normalized spacial score (nSPS) is 14.3. The third kappa shape index (κ3) is 6.55. The van der Waals surface area contributed by atoms with Gasteiger partial charge in [0.15, 0.2) is 0 Å². The zero-order chi connectivity index (χ0) is 23.8. The van der Waals surface area contributed by atoms with E-state index in [0.29, 0.717) is 31.9 Å². The third-order valence-electron chi connectivity index (χ3n) is 6.04. The lowest BCUT2D eigenvalue weighted by Crippen LogP contribution is -2.37. The molecule has 9 heteroatoms. The lowest BCUT2D eigenvalue weighted by atomic mass is 10.1. The topological polar surface area (TPSA) is 70.5 Å². The number of hydrogen-bond acceptors (Lipinski definition) is 6. The Hall–Kier alpha value is -2.49. The summed E-state index contributed by atoms with van der Waals surface area (Å²) in [5.74, 6) is -0.0368. The van der Waals surface area contributed by atoms with Crippen LogP contribution >= 0.6 is 22.7 Å². The fraction of sp³-hybridized carbons (Fsp3) is 0.480. The van der Waals surface area contributed by atoms with Gasteiger partial charge in [-0.05, 0) is 55.9 Å². The molecule has 0 aliphatic carbocycles. The number of nitrogens with zero attached hydrogens (tertiary/aromatic N) is 4. The number of nitrogens with one attached hydrogen (secondary N) is 1. The summed E-state index contributed by atoms with van der Waals surface area (Å²) in [5, 5.41) is 7.66. The van der Waals surface area contributed by atoms with Crippen molar-refractivity contribution in [1.29, 1.82) is 0 Å². The first-order valence-corrected chi connectivity index (χ1v) is 13.8. The molecule has 1 aliphatic heterocycles. The fourth-order valence-corrected chi connectivity index (χ4v) is 5.72. The van der Waals surface area contributed by atoms with Gasteiger partial charge in [-0.15, -0.1) is 22.7 Å². The van der Waals surface area contributed by atoms with Crippen LogP contribution in [0.3, 0.4) is 0 Å². The minimum Gasteiger partial charge on any atom is -0.349 e. The zero-order valence-corrected chi connectivity index (χ0v) is 21.4. The molecule has 4 rings (SSSR count). The molecule has 7 nitrogen and oxygen atoms in total. The molecule has 34 heavy (non-hydrogen) atoms. The molecule has 0 bridgehead atoms. The van der Waals surface area contributed by atoms with E-state index >= 15 is 0 Å². The van der Waals surface area contributed by atoms with Crippen molar-refractivity contribution in [2.45, 2.75) is 45.7 Å². The Balaban J connectivity index is 1.33. The van der Waals surface area contributed by atoms with Crippen LogP contribution in [0.15, 0.2) is 41.2 Å². The maximum Gasteiger partial charge on any atom is 0.270 e. The summed E-state index contributed by atoms with van der Waals surface area (Å²) >= 11 is 2.97. The van der Waals surface area contributed by atoms with Gasteiger partial charge in [-0.3, -0.25) is 9.59 Å². The van der Waals surface area contributed by atoms with Crippen molar-refractivity contribution >= 4 is 34.5 Å². The van der Waals surface area contributed by atoms with Gasteiger partial charge < -0.3 is 19.7 Å². The summed E-state index contributed by atoms with van der Waals surface area (Å²) in [6.07, 6.45) is 6.73. The maximum atomic E-state index is 12.9. The Morgan fingerprint density at radius 3 is 2.76 bits per heavy atom. The summed E-state index contributed by atoms with van der Waals surface area (Å²) in [4.78, 5) is 35.1. The van der Waals surface area contributed by atoms with Gasteiger partial charge in [0, 0.05) is 36.9 Å². The SMILES string of the molecule is CCCN(Cc1cccn1Cc1nc(C(=O)NCCN2CCCCC2)cs1)C(=O)c1cccs1. The summed E-state index contributed by atoms with van der Waals surface area (Å²) in [5.41, 5.74) is 1.54. The largest absolute Gasteiger partial charge is 0.349 e. The summed E-state index contributed by atoms with van der Waals surface area (Å²) < 4.78 is 2.11. The minimum absolute atomic E-state index is 0.0716. The van der Waals surface area contributed by atoms with Crippen molar-refractivity contribution in [2.75, 3.05) is 32.7 Å². The van der Waals surface area contributed by atoms with Crippen molar-refractivity contribution in [3.63, 3.8) is 0 Å². The van der Waals surface area contributed by atoms with Gasteiger partial charge >= 0.3 is 0 Å². The molecule has 182 valence electrons. The number of thiazole rings is 1. The first-order valence-electron chi connectivity index (χ1n) is 12.1. The van der Waals surface area contributed by atoms with E-state index < -0.39 is 0 Å². The standard InChI is InChI=1S/C25H33N5O2S2/c1-2-11-30(25(32)22-9-7-16-33-22)17-20-8-6-14-29(20)18-23-27-21(19-34-23)24(31)26-10-15-28-12-4-3-5-13-28/h6-9,14,16,19H,2-5,10-13,15,17-18H2,1H3,(H,26,31). The second-order valence-electron chi connectivity index (χ2n) is 8.62. The average Bonchev–Trinajstić information content (AvgIpc) is 3.62. The Morgan fingerprint density at radius 2 is 2.00 bits per heavy atom. The van der Waals surface area contributed by atoms with Crippen molar-refractivity contribution in [2.24, 2.45) is 0 Å². The highest BCUT2D eigenvalue weighted by Crippen LogP contribution is 2.18. The molecular weight excluding hydrogens is 466 g/mol. The number of rotatable bonds is 11. The molecule has 3 aromatic heterocycles. The van der Waals surface area contributed by atoms with Crippen LogP contribution in [-0.4, -0.2) is 63.9 Å². The molecular formula is C25H33N5O2S2. The van der Waals surface area contributed by atoms with Crippen LogP contribution in [0, 0.1) is 0 Å². The van der Waals surface area contributed by atoms with Crippen LogP contribution < -0.4 is 5.32 Å². The Labute approximate surface area is 209 Å². The van der Waals surface area contributed by atoms with Crippen molar-refractivity contribution in [1.82, 2.24) is 24.7 Å². The smallest absolute Gasteiger partial charge is 0.270 e. The molecule has 0 spiro atoms. The highest BCUT2D eigenvalue weighted by molar-refractivity contribution is 7.12. The molecule has 0 atom stereocenters. The van der Waals surface area contributed by atoms with E-state index in [-0.39, 0.29) is 11.8 Å². The molecule has 2 amide bonds. The monoisotopic (exact) mass is 499 g/mol. The lowest BCUT2D eigenvalue weighted by Gasteiger charge is -2.26. The zero-order valence-electron chi connectivity index (χ0n) is 19.7. The quantitative estimate of drug-likeness (QED) is 0.427. The van der Waals surface area contributed by atoms with Crippen LogP contribution in [0.1, 0.15) is 63.5 Å². The van der Waals surface area contributed by atoms with Crippen LogP contribution in [0.4, 0.5) is 0 Å². The van der Waals surface area contributed by atoms with E-state index in [1.54, 1.807) is 0 Å². The molecule has 0 radical (unpaired) electrons. The first kappa shape index (κ1) is 24.6. The molecule has 4 heterocycles. The van der Waals surface area contributed by atoms with E-state index in [1.165, 1.54) is 41.9 Å². The second-order valence-corrected chi connectivity index (χ2v) is 10.5. The number of carbonyl (C=O) groups excluding carboxylic acids is 2. The summed E-state index contributed by atoms with van der Waals surface area (Å²) in [7, 11) is 0. The Morgan fingerprint density at radius 1 is 1.15 bits per heavy atom. The van der Waals surface area contributed by atoms with Crippen LogP contribution in [-0.2, 0) is 13.1 Å². The second kappa shape index (κ2) is 12.3. The van der Waals surface area contributed by atoms with E-state index in [4.69, 9.17) is 0 Å². The van der Waals surface area contributed by atoms with Crippen LogP contribution in [0.5, 0.6) is 0 Å². The van der Waals surface area contributed by atoms with Gasteiger partial charge in [0.1, 0.15) is 10.7 Å². The first-order chi connectivity index (χ1) is 16.6. The molecule has 0 aromatic carbocycles. The fourth-order valence-electron chi connectivity index (χ4n) is 4.26. The predicted octanol–water partition coefficient (Wildman–Crippen LogP) is 4.32. The van der Waals surface area contributed by atoms with Crippen LogP contribution in [0.2, 0.25) is 0 Å². The van der Waals surface area contributed by atoms with Gasteiger partial charge in [-0.2, -0.15) is 0 Å². The number of likely N-dealkylation sites (tertiary alicyclic amines) is 1. The number of hydrogen-bond donors (Lipinski definition) is 1. The molecule has 1 fully saturated rings.